The van der Waals surface area contributed by atoms with Crippen molar-refractivity contribution in [1.29, 1.82) is 0 Å². The van der Waals surface area contributed by atoms with Crippen LogP contribution in [0.3, 0.4) is 0 Å². The van der Waals surface area contributed by atoms with E-state index in [0.29, 0.717) is 13.0 Å². The van der Waals surface area contributed by atoms with Gasteiger partial charge in [-0.1, -0.05) is 12.1 Å². The van der Waals surface area contributed by atoms with E-state index in [-0.39, 0.29) is 12.1 Å². The Labute approximate surface area is 176 Å². The Morgan fingerprint density at radius 1 is 1.13 bits per heavy atom. The molecule has 0 amide bonds. The average molecular weight is 431 g/mol. The molecule has 3 rings (SSSR count). The van der Waals surface area contributed by atoms with Gasteiger partial charge in [-0.3, -0.25) is 9.80 Å². The Morgan fingerprint density at radius 3 is 2.47 bits per heavy atom. The molecule has 2 atom stereocenters. The van der Waals surface area contributed by atoms with Gasteiger partial charge in [0.25, 0.3) is 5.97 Å². The summed E-state index contributed by atoms with van der Waals surface area (Å²) in [6.45, 7) is 7.84. The van der Waals surface area contributed by atoms with E-state index in [1.807, 2.05) is 6.92 Å². The highest BCUT2D eigenvalue weighted by Crippen LogP contribution is 2.29. The smallest absolute Gasteiger partial charge is 0.330 e. The summed E-state index contributed by atoms with van der Waals surface area (Å²) in [6, 6.07) is 5.66. The van der Waals surface area contributed by atoms with Gasteiger partial charge in [0.15, 0.2) is 0 Å². The van der Waals surface area contributed by atoms with Crippen molar-refractivity contribution in [1.82, 2.24) is 15.1 Å². The van der Waals surface area contributed by atoms with Crippen molar-refractivity contribution in [3.8, 4) is 0 Å². The summed E-state index contributed by atoms with van der Waals surface area (Å²) in [6.07, 6.45) is -3.59. The highest BCUT2D eigenvalue weighted by molar-refractivity contribution is 5.25. The van der Waals surface area contributed by atoms with Crippen LogP contribution in [0.2, 0.25) is 0 Å². The number of piperazine rings is 1. The first kappa shape index (κ1) is 23.4. The van der Waals surface area contributed by atoms with Gasteiger partial charge in [-0.25, -0.2) is 0 Å². The minimum absolute atomic E-state index is 0.0351. The van der Waals surface area contributed by atoms with E-state index in [2.05, 4.69) is 15.1 Å². The van der Waals surface area contributed by atoms with E-state index in [1.165, 1.54) is 0 Å². The first-order valence-corrected chi connectivity index (χ1v) is 10.4. The molecule has 2 heterocycles. The molecule has 2 unspecified atom stereocenters. The van der Waals surface area contributed by atoms with E-state index in [0.717, 1.165) is 57.0 Å². The first-order valence-electron chi connectivity index (χ1n) is 10.4. The van der Waals surface area contributed by atoms with Gasteiger partial charge in [0.1, 0.15) is 0 Å². The van der Waals surface area contributed by atoms with E-state index in [1.54, 1.807) is 26.4 Å². The van der Waals surface area contributed by atoms with Gasteiger partial charge in [-0.15, -0.1) is 0 Å². The quantitative estimate of drug-likeness (QED) is 0.668. The van der Waals surface area contributed by atoms with Gasteiger partial charge in [-0.05, 0) is 31.0 Å². The van der Waals surface area contributed by atoms with Crippen LogP contribution >= 0.6 is 0 Å². The van der Waals surface area contributed by atoms with Crippen LogP contribution in [0.15, 0.2) is 24.3 Å². The molecule has 0 bridgehead atoms. The van der Waals surface area contributed by atoms with Crippen molar-refractivity contribution in [2.75, 3.05) is 60.1 Å². The third kappa shape index (κ3) is 5.52. The molecule has 0 aliphatic carbocycles. The van der Waals surface area contributed by atoms with Crippen molar-refractivity contribution in [3.63, 3.8) is 0 Å². The molecular weight excluding hydrogens is 399 g/mol. The van der Waals surface area contributed by atoms with Crippen molar-refractivity contribution in [3.05, 3.63) is 35.4 Å². The number of hydrogen-bond acceptors (Lipinski definition) is 6. The highest BCUT2D eigenvalue weighted by Gasteiger charge is 2.44. The fraction of sp³-hybridized carbons (Fsp3) is 0.714. The summed E-state index contributed by atoms with van der Waals surface area (Å²) in [5.41, 5.74) is 0.307. The Balaban J connectivity index is 1.50. The van der Waals surface area contributed by atoms with Gasteiger partial charge in [0.05, 0.1) is 18.2 Å². The zero-order valence-electron chi connectivity index (χ0n) is 17.9. The number of methoxy groups -OCH3 is 2. The maximum Gasteiger partial charge on any atom is 0.416 e. The van der Waals surface area contributed by atoms with Gasteiger partial charge in [0.2, 0.25) is 0 Å². The highest BCUT2D eigenvalue weighted by atomic mass is 19.4. The van der Waals surface area contributed by atoms with E-state index in [9.17, 15) is 13.2 Å². The zero-order valence-corrected chi connectivity index (χ0v) is 17.9. The first-order chi connectivity index (χ1) is 14.3. The van der Waals surface area contributed by atoms with Gasteiger partial charge in [-0.2, -0.15) is 13.2 Å². The molecule has 0 saturated carbocycles. The molecular formula is C21H32F3N3O3. The molecule has 6 nitrogen and oxygen atoms in total. The maximum absolute atomic E-state index is 12.7. The molecule has 0 radical (unpaired) electrons. The molecule has 2 saturated heterocycles. The second-order valence-corrected chi connectivity index (χ2v) is 7.92. The van der Waals surface area contributed by atoms with Gasteiger partial charge >= 0.3 is 6.18 Å². The summed E-state index contributed by atoms with van der Waals surface area (Å²) in [7, 11) is 3.18. The van der Waals surface area contributed by atoms with Crippen molar-refractivity contribution < 1.29 is 27.4 Å². The largest absolute Gasteiger partial charge is 0.416 e. The van der Waals surface area contributed by atoms with Crippen LogP contribution in [0.4, 0.5) is 13.2 Å². The summed E-state index contributed by atoms with van der Waals surface area (Å²) >= 11 is 0. The zero-order chi connectivity index (χ0) is 21.8. The summed E-state index contributed by atoms with van der Waals surface area (Å²) in [4.78, 5) is 4.71. The number of alkyl halides is 3. The van der Waals surface area contributed by atoms with Crippen LogP contribution in [0.1, 0.15) is 18.1 Å². The normalized spacial score (nSPS) is 26.1. The summed E-state index contributed by atoms with van der Waals surface area (Å²) in [5.74, 6) is -1.03. The lowest BCUT2D eigenvalue weighted by Gasteiger charge is -2.46. The number of benzene rings is 1. The Kier molecular flexibility index (Phi) is 7.76. The summed E-state index contributed by atoms with van der Waals surface area (Å²) in [5, 5.41) is 3.48. The molecule has 0 spiro atoms. The predicted molar refractivity (Wildman–Crippen MR) is 107 cm³/mol. The van der Waals surface area contributed by atoms with Crippen LogP contribution in [0.25, 0.3) is 0 Å². The number of halogens is 3. The molecule has 170 valence electrons. The second kappa shape index (κ2) is 9.93. The van der Waals surface area contributed by atoms with Crippen molar-refractivity contribution >= 4 is 0 Å². The number of nitrogens with zero attached hydrogens (tertiary/aromatic N) is 2. The lowest BCUT2D eigenvalue weighted by molar-refractivity contribution is -0.400. The third-order valence-electron chi connectivity index (χ3n) is 6.12. The van der Waals surface area contributed by atoms with Crippen LogP contribution in [-0.4, -0.2) is 88.0 Å². The minimum atomic E-state index is -4.29. The number of ether oxygens (including phenoxy) is 3. The Hall–Kier alpha value is -1.23. The Morgan fingerprint density at radius 2 is 1.83 bits per heavy atom. The predicted octanol–water partition coefficient (Wildman–Crippen LogP) is 2.19. The van der Waals surface area contributed by atoms with Crippen LogP contribution in [0, 0.1) is 0 Å². The van der Waals surface area contributed by atoms with E-state index < -0.39 is 17.7 Å². The third-order valence-corrected chi connectivity index (χ3v) is 6.12. The van der Waals surface area contributed by atoms with Crippen molar-refractivity contribution in [2.45, 2.75) is 37.6 Å². The summed E-state index contributed by atoms with van der Waals surface area (Å²) < 4.78 is 54.9. The maximum atomic E-state index is 12.7. The Bertz CT molecular complexity index is 668. The molecule has 1 aromatic rings. The average Bonchev–Trinajstić information content (AvgIpc) is 2.73. The van der Waals surface area contributed by atoms with Crippen LogP contribution < -0.4 is 5.32 Å². The molecule has 1 aromatic carbocycles. The van der Waals surface area contributed by atoms with Gasteiger partial charge in [0, 0.05) is 59.5 Å². The standard InChI is InChI=1S/C21H32F3N3O3/c1-16-21(28-2,29-3)30-13-12-27(16)11-10-26-9-8-25-19(15-26)14-17-4-6-18(7-5-17)20(22,23)24/h4-7,16,19,25H,8-15H2,1-3H3. The van der Waals surface area contributed by atoms with Gasteiger partial charge < -0.3 is 19.5 Å². The SMILES string of the molecule is COC1(OC)OCCN(CCN2CCNC(Cc3ccc(C(F)(F)F)cc3)C2)C1C. The molecule has 9 heteroatoms. The number of morpholine rings is 1. The van der Waals surface area contributed by atoms with E-state index >= 15 is 0 Å². The second-order valence-electron chi connectivity index (χ2n) is 7.92. The lowest BCUT2D eigenvalue weighted by Crippen LogP contribution is -2.62. The molecule has 0 aromatic heterocycles. The molecule has 2 aliphatic heterocycles. The fourth-order valence-corrected chi connectivity index (χ4v) is 4.31. The van der Waals surface area contributed by atoms with Crippen LogP contribution in [-0.2, 0) is 26.8 Å². The molecule has 2 fully saturated rings. The number of nitrogens with one attached hydrogen (secondary N) is 1. The fourth-order valence-electron chi connectivity index (χ4n) is 4.31. The van der Waals surface area contributed by atoms with Crippen LogP contribution in [0.5, 0.6) is 0 Å². The molecule has 30 heavy (non-hydrogen) atoms. The molecule has 2 aliphatic rings. The lowest BCUT2D eigenvalue weighted by atomic mass is 10.0. The van der Waals surface area contributed by atoms with Crippen molar-refractivity contribution in [2.24, 2.45) is 0 Å². The number of hydrogen-bond donors (Lipinski definition) is 1. The monoisotopic (exact) mass is 431 g/mol. The molecule has 1 N–H and O–H groups in total. The topological polar surface area (TPSA) is 46.2 Å². The number of rotatable bonds is 7. The van der Waals surface area contributed by atoms with E-state index in [4.69, 9.17) is 14.2 Å². The minimum Gasteiger partial charge on any atom is -0.330 e.